The van der Waals surface area contributed by atoms with Gasteiger partial charge in [0.1, 0.15) is 0 Å². The SMILES string of the molecule is CCn1c(O)c(C(=O)Nc2cc(C(F)(F)F)cc(C(F)(F)F)c2)c(=O)n(CC)c1=O. The molecule has 2 N–H and O–H groups in total. The molecular weight excluding hydrogens is 424 g/mol. The molecule has 1 amide bonds. The Morgan fingerprint density at radius 2 is 1.40 bits per heavy atom. The number of amides is 1. The van der Waals surface area contributed by atoms with Gasteiger partial charge in [0, 0.05) is 18.8 Å². The predicted molar refractivity (Wildman–Crippen MR) is 92.4 cm³/mol. The van der Waals surface area contributed by atoms with Crippen LogP contribution in [-0.2, 0) is 25.4 Å². The molecule has 1 heterocycles. The fourth-order valence-electron chi connectivity index (χ4n) is 2.67. The lowest BCUT2D eigenvalue weighted by Gasteiger charge is -2.16. The monoisotopic (exact) mass is 439 g/mol. The first-order valence-electron chi connectivity index (χ1n) is 8.39. The number of nitrogens with zero attached hydrogens (tertiary/aromatic N) is 2. The molecule has 0 fully saturated rings. The van der Waals surface area contributed by atoms with Gasteiger partial charge >= 0.3 is 18.0 Å². The van der Waals surface area contributed by atoms with Crippen LogP contribution in [-0.4, -0.2) is 20.1 Å². The van der Waals surface area contributed by atoms with Crippen LogP contribution < -0.4 is 16.6 Å². The van der Waals surface area contributed by atoms with Gasteiger partial charge in [-0.3, -0.25) is 18.7 Å². The molecule has 1 aromatic carbocycles. The number of aromatic nitrogens is 2. The topological polar surface area (TPSA) is 93.3 Å². The number of carbonyl (C=O) groups is 1. The number of nitrogens with one attached hydrogen (secondary N) is 1. The summed E-state index contributed by atoms with van der Waals surface area (Å²) in [7, 11) is 0. The van der Waals surface area contributed by atoms with Crippen molar-refractivity contribution in [2.45, 2.75) is 39.3 Å². The number of hydrogen-bond donors (Lipinski definition) is 2. The molecule has 0 saturated heterocycles. The molecular formula is C17H15F6N3O4. The Labute approximate surface area is 164 Å². The Hall–Kier alpha value is -3.25. The predicted octanol–water partition coefficient (Wildman–Crippen LogP) is 3.05. The Morgan fingerprint density at radius 3 is 1.80 bits per heavy atom. The summed E-state index contributed by atoms with van der Waals surface area (Å²) in [5.74, 6) is -2.54. The highest BCUT2D eigenvalue weighted by atomic mass is 19.4. The van der Waals surface area contributed by atoms with Gasteiger partial charge in [0.25, 0.3) is 11.5 Å². The second-order valence-electron chi connectivity index (χ2n) is 6.02. The lowest BCUT2D eigenvalue weighted by molar-refractivity contribution is -0.143. The van der Waals surface area contributed by atoms with Gasteiger partial charge in [0.05, 0.1) is 11.1 Å². The molecule has 164 valence electrons. The fraction of sp³-hybridized carbons (Fsp3) is 0.353. The lowest BCUT2D eigenvalue weighted by Crippen LogP contribution is -2.42. The summed E-state index contributed by atoms with van der Waals surface area (Å²) in [5, 5.41) is 11.9. The fourth-order valence-corrected chi connectivity index (χ4v) is 2.67. The standard InChI is InChI=1S/C17H15F6N3O4/c1-3-25-13(28)11(14(29)26(4-2)15(25)30)12(27)24-10-6-8(16(18,19)20)5-9(7-10)17(21,22)23/h5-7,28H,3-4H2,1-2H3,(H,24,27). The highest BCUT2D eigenvalue weighted by Gasteiger charge is 2.37. The number of aromatic hydroxyl groups is 1. The zero-order valence-electron chi connectivity index (χ0n) is 15.5. The Morgan fingerprint density at radius 1 is 0.933 bits per heavy atom. The molecule has 0 aliphatic carbocycles. The maximum atomic E-state index is 13.0. The molecule has 0 aliphatic rings. The van der Waals surface area contributed by atoms with Crippen molar-refractivity contribution in [1.29, 1.82) is 0 Å². The minimum atomic E-state index is -5.15. The molecule has 1 aromatic heterocycles. The zero-order valence-corrected chi connectivity index (χ0v) is 15.5. The minimum absolute atomic E-state index is 0.130. The van der Waals surface area contributed by atoms with Crippen LogP contribution in [0.5, 0.6) is 5.88 Å². The normalized spacial score (nSPS) is 12.1. The van der Waals surface area contributed by atoms with Crippen molar-refractivity contribution in [2.24, 2.45) is 0 Å². The quantitative estimate of drug-likeness (QED) is 0.717. The van der Waals surface area contributed by atoms with Crippen LogP contribution in [0.25, 0.3) is 0 Å². The molecule has 0 bridgehead atoms. The van der Waals surface area contributed by atoms with E-state index < -0.39 is 57.8 Å². The molecule has 30 heavy (non-hydrogen) atoms. The molecule has 0 aliphatic heterocycles. The highest BCUT2D eigenvalue weighted by molar-refractivity contribution is 6.05. The van der Waals surface area contributed by atoms with E-state index in [1.807, 2.05) is 0 Å². The first-order chi connectivity index (χ1) is 13.7. The summed E-state index contributed by atoms with van der Waals surface area (Å²) in [6, 6.07) is 0.366. The van der Waals surface area contributed by atoms with Crippen LogP contribution in [0.4, 0.5) is 32.0 Å². The third-order valence-corrected chi connectivity index (χ3v) is 4.11. The van der Waals surface area contributed by atoms with E-state index in [9.17, 15) is 45.8 Å². The molecule has 0 radical (unpaired) electrons. The van der Waals surface area contributed by atoms with Crippen molar-refractivity contribution in [3.05, 3.63) is 55.7 Å². The van der Waals surface area contributed by atoms with E-state index in [1.165, 1.54) is 13.8 Å². The van der Waals surface area contributed by atoms with E-state index in [0.29, 0.717) is 9.13 Å². The van der Waals surface area contributed by atoms with Crippen molar-refractivity contribution in [1.82, 2.24) is 9.13 Å². The average Bonchev–Trinajstić information content (AvgIpc) is 2.60. The molecule has 0 spiro atoms. The van der Waals surface area contributed by atoms with Crippen molar-refractivity contribution in [3.8, 4) is 5.88 Å². The molecule has 7 nitrogen and oxygen atoms in total. The third-order valence-electron chi connectivity index (χ3n) is 4.11. The number of rotatable bonds is 4. The van der Waals surface area contributed by atoms with Crippen LogP contribution in [0.1, 0.15) is 35.3 Å². The van der Waals surface area contributed by atoms with E-state index >= 15 is 0 Å². The average molecular weight is 439 g/mol. The van der Waals surface area contributed by atoms with Gasteiger partial charge < -0.3 is 10.4 Å². The summed E-state index contributed by atoms with van der Waals surface area (Å²) in [6.45, 7) is 2.45. The van der Waals surface area contributed by atoms with Crippen LogP contribution in [0.2, 0.25) is 0 Å². The second kappa shape index (κ2) is 7.88. The molecule has 2 aromatic rings. The van der Waals surface area contributed by atoms with Crippen LogP contribution >= 0.6 is 0 Å². The van der Waals surface area contributed by atoms with Crippen molar-refractivity contribution in [3.63, 3.8) is 0 Å². The maximum Gasteiger partial charge on any atom is 0.416 e. The summed E-state index contributed by atoms with van der Waals surface area (Å²) in [5.41, 5.74) is -7.44. The molecule has 0 saturated carbocycles. The van der Waals surface area contributed by atoms with E-state index in [2.05, 4.69) is 0 Å². The molecule has 0 atom stereocenters. The van der Waals surface area contributed by atoms with Gasteiger partial charge in [-0.15, -0.1) is 0 Å². The minimum Gasteiger partial charge on any atom is -0.494 e. The van der Waals surface area contributed by atoms with Gasteiger partial charge in [0.15, 0.2) is 5.56 Å². The van der Waals surface area contributed by atoms with E-state index in [-0.39, 0.29) is 31.3 Å². The Kier molecular flexibility index (Phi) is 6.05. The number of alkyl halides is 6. The van der Waals surface area contributed by atoms with Crippen LogP contribution in [0, 0.1) is 0 Å². The van der Waals surface area contributed by atoms with Gasteiger partial charge in [-0.2, -0.15) is 26.3 Å². The van der Waals surface area contributed by atoms with E-state index in [0.717, 1.165) is 0 Å². The summed E-state index contributed by atoms with van der Waals surface area (Å²) >= 11 is 0. The lowest BCUT2D eigenvalue weighted by atomic mass is 10.1. The number of hydrogen-bond acceptors (Lipinski definition) is 4. The number of halogens is 6. The summed E-state index contributed by atoms with van der Waals surface area (Å²) < 4.78 is 79.0. The summed E-state index contributed by atoms with van der Waals surface area (Å²) in [4.78, 5) is 36.9. The third kappa shape index (κ3) is 4.33. The van der Waals surface area contributed by atoms with Gasteiger partial charge in [0.2, 0.25) is 5.88 Å². The Bertz CT molecular complexity index is 1070. The number of anilines is 1. The highest BCUT2D eigenvalue weighted by Crippen LogP contribution is 2.37. The smallest absolute Gasteiger partial charge is 0.416 e. The summed E-state index contributed by atoms with van der Waals surface area (Å²) in [6.07, 6.45) is -10.3. The molecule has 0 unspecified atom stereocenters. The van der Waals surface area contributed by atoms with Crippen LogP contribution in [0.3, 0.4) is 0 Å². The first kappa shape index (κ1) is 23.0. The zero-order chi connectivity index (χ0) is 23.0. The van der Waals surface area contributed by atoms with E-state index in [4.69, 9.17) is 0 Å². The largest absolute Gasteiger partial charge is 0.494 e. The van der Waals surface area contributed by atoms with Crippen molar-refractivity contribution < 1.29 is 36.2 Å². The van der Waals surface area contributed by atoms with Crippen LogP contribution in [0.15, 0.2) is 27.8 Å². The molecule has 2 rings (SSSR count). The maximum absolute atomic E-state index is 13.0. The second-order valence-corrected chi connectivity index (χ2v) is 6.02. The van der Waals surface area contributed by atoms with Gasteiger partial charge in [-0.1, -0.05) is 0 Å². The first-order valence-corrected chi connectivity index (χ1v) is 8.39. The molecule has 13 heteroatoms. The van der Waals surface area contributed by atoms with Crippen molar-refractivity contribution >= 4 is 11.6 Å². The Balaban J connectivity index is 2.64. The number of benzene rings is 1. The van der Waals surface area contributed by atoms with E-state index in [1.54, 1.807) is 5.32 Å². The number of carbonyl (C=O) groups excluding carboxylic acids is 1. The van der Waals surface area contributed by atoms with Gasteiger partial charge in [-0.25, -0.2) is 4.79 Å². The van der Waals surface area contributed by atoms with Gasteiger partial charge in [-0.05, 0) is 32.0 Å². The van der Waals surface area contributed by atoms with Crippen molar-refractivity contribution in [2.75, 3.05) is 5.32 Å².